The van der Waals surface area contributed by atoms with Crippen molar-refractivity contribution in [3.63, 3.8) is 0 Å². The van der Waals surface area contributed by atoms with E-state index >= 15 is 0 Å². The summed E-state index contributed by atoms with van der Waals surface area (Å²) in [6, 6.07) is 1.96. The monoisotopic (exact) mass is 246 g/mol. The molecule has 2 amide bonds. The zero-order valence-corrected chi connectivity index (χ0v) is 10.4. The van der Waals surface area contributed by atoms with Crippen LogP contribution < -0.4 is 11.1 Å². The Bertz CT molecular complexity index is 470. The smallest absolute Gasteiger partial charge is 0.317 e. The van der Waals surface area contributed by atoms with Crippen LogP contribution in [0.5, 0.6) is 0 Å². The number of urea groups is 1. The Balaban J connectivity index is 1.63. The van der Waals surface area contributed by atoms with E-state index in [1.54, 1.807) is 6.20 Å². The van der Waals surface area contributed by atoms with E-state index in [1.165, 1.54) is 12.8 Å². The number of nitrogen functional groups attached to an aromatic ring is 1. The third-order valence-electron chi connectivity index (χ3n) is 3.59. The lowest BCUT2D eigenvalue weighted by Crippen LogP contribution is -2.43. The largest absolute Gasteiger partial charge is 0.397 e. The zero-order valence-electron chi connectivity index (χ0n) is 10.4. The molecule has 0 aromatic carbocycles. The fourth-order valence-electron chi connectivity index (χ4n) is 2.28. The van der Waals surface area contributed by atoms with Crippen LogP contribution in [0, 0.1) is 5.92 Å². The molecule has 0 saturated heterocycles. The molecular formula is C13H18N4O. The van der Waals surface area contributed by atoms with Crippen LogP contribution in [0.15, 0.2) is 12.3 Å². The lowest BCUT2D eigenvalue weighted by atomic mass is 10.1. The van der Waals surface area contributed by atoms with Crippen molar-refractivity contribution in [3.8, 4) is 0 Å². The predicted octanol–water partition coefficient (Wildman–Crippen LogP) is 1.14. The first-order chi connectivity index (χ1) is 8.72. The molecule has 1 aliphatic carbocycles. The minimum atomic E-state index is 0.0370. The van der Waals surface area contributed by atoms with E-state index in [-0.39, 0.29) is 6.03 Å². The highest BCUT2D eigenvalue weighted by Crippen LogP contribution is 2.27. The molecule has 0 radical (unpaired) electrons. The highest BCUT2D eigenvalue weighted by molar-refractivity contribution is 5.74. The van der Waals surface area contributed by atoms with Gasteiger partial charge in [-0.3, -0.25) is 4.98 Å². The van der Waals surface area contributed by atoms with Gasteiger partial charge in [0.05, 0.1) is 11.9 Å². The molecule has 1 aromatic heterocycles. The lowest BCUT2D eigenvalue weighted by molar-refractivity contribution is 0.191. The first kappa shape index (κ1) is 11.3. The first-order valence-corrected chi connectivity index (χ1v) is 6.48. The first-order valence-electron chi connectivity index (χ1n) is 6.48. The number of carbonyl (C=O) groups is 1. The second-order valence-corrected chi connectivity index (χ2v) is 5.18. The molecule has 0 spiro atoms. The summed E-state index contributed by atoms with van der Waals surface area (Å²) in [5.74, 6) is 0.711. The number of nitrogens with one attached hydrogen (secondary N) is 1. The summed E-state index contributed by atoms with van der Waals surface area (Å²) in [5, 5.41) is 3.00. The zero-order chi connectivity index (χ0) is 12.5. The fraction of sp³-hybridized carbons (Fsp3) is 0.538. The van der Waals surface area contributed by atoms with Gasteiger partial charge >= 0.3 is 6.03 Å². The van der Waals surface area contributed by atoms with Crippen LogP contribution in [0.2, 0.25) is 0 Å². The molecule has 1 fully saturated rings. The Morgan fingerprint density at radius 3 is 3.17 bits per heavy atom. The van der Waals surface area contributed by atoms with Crippen molar-refractivity contribution in [1.82, 2.24) is 15.2 Å². The Morgan fingerprint density at radius 1 is 1.56 bits per heavy atom. The van der Waals surface area contributed by atoms with Gasteiger partial charge in [-0.2, -0.15) is 0 Å². The van der Waals surface area contributed by atoms with Crippen molar-refractivity contribution in [3.05, 3.63) is 23.5 Å². The van der Waals surface area contributed by atoms with Crippen LogP contribution in [0.25, 0.3) is 0 Å². The summed E-state index contributed by atoms with van der Waals surface area (Å²) >= 11 is 0. The Morgan fingerprint density at radius 2 is 2.39 bits per heavy atom. The number of fused-ring (bicyclic) bond motifs is 1. The van der Waals surface area contributed by atoms with E-state index in [2.05, 4.69) is 10.3 Å². The van der Waals surface area contributed by atoms with Crippen LogP contribution in [0.3, 0.4) is 0 Å². The maximum atomic E-state index is 12.0. The molecule has 5 heteroatoms. The van der Waals surface area contributed by atoms with E-state index in [1.807, 2.05) is 11.0 Å². The molecule has 0 unspecified atom stereocenters. The highest BCUT2D eigenvalue weighted by atomic mass is 16.2. The molecule has 3 rings (SSSR count). The molecule has 2 heterocycles. The molecule has 3 N–H and O–H groups in total. The number of aromatic nitrogens is 1. The average molecular weight is 246 g/mol. The summed E-state index contributed by atoms with van der Waals surface area (Å²) in [7, 11) is 0. The Hall–Kier alpha value is -1.78. The van der Waals surface area contributed by atoms with Gasteiger partial charge in [0, 0.05) is 31.7 Å². The van der Waals surface area contributed by atoms with E-state index in [9.17, 15) is 4.79 Å². The molecule has 0 atom stereocenters. The molecule has 1 saturated carbocycles. The summed E-state index contributed by atoms with van der Waals surface area (Å²) in [4.78, 5) is 18.1. The number of nitrogens with two attached hydrogens (primary N) is 1. The van der Waals surface area contributed by atoms with Gasteiger partial charge in [0.15, 0.2) is 0 Å². The van der Waals surface area contributed by atoms with Crippen LogP contribution in [0.1, 0.15) is 24.1 Å². The fourth-order valence-corrected chi connectivity index (χ4v) is 2.28. The topological polar surface area (TPSA) is 71.2 Å². The number of pyridine rings is 1. The third kappa shape index (κ3) is 2.39. The molecular weight excluding hydrogens is 228 g/mol. The number of carbonyl (C=O) groups excluding carboxylic acids is 1. The number of hydrogen-bond acceptors (Lipinski definition) is 3. The van der Waals surface area contributed by atoms with Crippen molar-refractivity contribution in [2.75, 3.05) is 18.8 Å². The lowest BCUT2D eigenvalue weighted by Gasteiger charge is -2.28. The van der Waals surface area contributed by atoms with Gasteiger partial charge in [0.25, 0.3) is 0 Å². The summed E-state index contributed by atoms with van der Waals surface area (Å²) in [6.07, 6.45) is 5.00. The van der Waals surface area contributed by atoms with Gasteiger partial charge in [0.2, 0.25) is 0 Å². The third-order valence-corrected chi connectivity index (χ3v) is 3.59. The second kappa shape index (κ2) is 4.48. The summed E-state index contributed by atoms with van der Waals surface area (Å²) in [6.45, 7) is 2.17. The van der Waals surface area contributed by atoms with Crippen LogP contribution in [0.4, 0.5) is 10.5 Å². The van der Waals surface area contributed by atoms with Gasteiger partial charge in [-0.25, -0.2) is 4.79 Å². The van der Waals surface area contributed by atoms with Gasteiger partial charge in [0.1, 0.15) is 0 Å². The van der Waals surface area contributed by atoms with Gasteiger partial charge in [-0.1, -0.05) is 0 Å². The molecule has 1 aromatic rings. The van der Waals surface area contributed by atoms with E-state index in [0.29, 0.717) is 18.2 Å². The van der Waals surface area contributed by atoms with Crippen molar-refractivity contribution in [1.29, 1.82) is 0 Å². The van der Waals surface area contributed by atoms with Crippen molar-refractivity contribution >= 4 is 11.7 Å². The molecule has 96 valence electrons. The maximum Gasteiger partial charge on any atom is 0.317 e. The standard InChI is InChI=1S/C13H18N4O/c14-11-5-10-8-17(4-3-12(10)15-7-11)13(18)16-6-9-1-2-9/h5,7,9H,1-4,6,8,14H2,(H,16,18). The molecule has 1 aliphatic heterocycles. The molecule has 5 nitrogen and oxygen atoms in total. The molecule has 2 aliphatic rings. The quantitative estimate of drug-likeness (QED) is 0.822. The average Bonchev–Trinajstić information content (AvgIpc) is 3.19. The highest BCUT2D eigenvalue weighted by Gasteiger charge is 2.25. The molecule has 0 bridgehead atoms. The number of hydrogen-bond donors (Lipinski definition) is 2. The van der Waals surface area contributed by atoms with Crippen molar-refractivity contribution in [2.45, 2.75) is 25.8 Å². The Labute approximate surface area is 106 Å². The minimum Gasteiger partial charge on any atom is -0.397 e. The maximum absolute atomic E-state index is 12.0. The van der Waals surface area contributed by atoms with Crippen LogP contribution in [-0.2, 0) is 13.0 Å². The van der Waals surface area contributed by atoms with Crippen LogP contribution in [-0.4, -0.2) is 29.0 Å². The number of nitrogens with zero attached hydrogens (tertiary/aromatic N) is 2. The Kier molecular flexibility index (Phi) is 2.81. The van der Waals surface area contributed by atoms with Gasteiger partial charge < -0.3 is 16.0 Å². The van der Waals surface area contributed by atoms with Gasteiger partial charge in [-0.15, -0.1) is 0 Å². The SMILES string of the molecule is Nc1cnc2c(c1)CN(C(=O)NCC1CC1)CC2. The summed E-state index contributed by atoms with van der Waals surface area (Å²) < 4.78 is 0. The van der Waals surface area contributed by atoms with Crippen molar-refractivity contribution < 1.29 is 4.79 Å². The normalized spacial score (nSPS) is 18.3. The second-order valence-electron chi connectivity index (χ2n) is 5.18. The van der Waals surface area contributed by atoms with E-state index in [4.69, 9.17) is 5.73 Å². The van der Waals surface area contributed by atoms with E-state index in [0.717, 1.165) is 30.8 Å². The van der Waals surface area contributed by atoms with Crippen molar-refractivity contribution in [2.24, 2.45) is 5.92 Å². The van der Waals surface area contributed by atoms with Gasteiger partial charge in [-0.05, 0) is 30.4 Å². The number of anilines is 1. The van der Waals surface area contributed by atoms with Crippen LogP contribution >= 0.6 is 0 Å². The number of amides is 2. The predicted molar refractivity (Wildman–Crippen MR) is 68.9 cm³/mol. The summed E-state index contributed by atoms with van der Waals surface area (Å²) in [5.41, 5.74) is 8.53. The number of rotatable bonds is 2. The molecule has 18 heavy (non-hydrogen) atoms. The minimum absolute atomic E-state index is 0.0370. The van der Waals surface area contributed by atoms with E-state index < -0.39 is 0 Å².